The first-order valence-electron chi connectivity index (χ1n) is 6.48. The van der Waals surface area contributed by atoms with Crippen molar-refractivity contribution in [2.45, 2.75) is 20.4 Å². The molecular formula is C13H16N6S. The smallest absolute Gasteiger partial charge is 0.180 e. The maximum Gasteiger partial charge on any atom is 0.180 e. The SMILES string of the molecule is CCNc1cn2ccnc2c(NCc2nc(C)cs2)n1. The minimum Gasteiger partial charge on any atom is -0.369 e. The van der Waals surface area contributed by atoms with Gasteiger partial charge in [0.25, 0.3) is 0 Å². The predicted molar refractivity (Wildman–Crippen MR) is 81.3 cm³/mol. The van der Waals surface area contributed by atoms with E-state index in [0.717, 1.165) is 34.5 Å². The molecule has 0 aromatic carbocycles. The molecule has 0 spiro atoms. The first-order valence-corrected chi connectivity index (χ1v) is 7.36. The van der Waals surface area contributed by atoms with Crippen molar-refractivity contribution in [1.29, 1.82) is 0 Å². The third-order valence-electron chi connectivity index (χ3n) is 2.81. The Morgan fingerprint density at radius 3 is 2.95 bits per heavy atom. The third-order valence-corrected chi connectivity index (χ3v) is 3.77. The Hall–Kier alpha value is -2.15. The molecule has 0 saturated heterocycles. The average molecular weight is 288 g/mol. The van der Waals surface area contributed by atoms with E-state index in [1.807, 2.05) is 36.0 Å². The first kappa shape index (κ1) is 12.9. The van der Waals surface area contributed by atoms with Gasteiger partial charge in [-0.25, -0.2) is 15.0 Å². The van der Waals surface area contributed by atoms with Crippen LogP contribution in [0, 0.1) is 6.92 Å². The van der Waals surface area contributed by atoms with Crippen LogP contribution in [0.5, 0.6) is 0 Å². The lowest BCUT2D eigenvalue weighted by molar-refractivity contribution is 1.03. The van der Waals surface area contributed by atoms with Crippen LogP contribution in [0.2, 0.25) is 0 Å². The van der Waals surface area contributed by atoms with Crippen molar-refractivity contribution in [3.8, 4) is 0 Å². The molecule has 104 valence electrons. The van der Waals surface area contributed by atoms with Crippen LogP contribution in [0.3, 0.4) is 0 Å². The second-order valence-corrected chi connectivity index (χ2v) is 5.34. The Bertz CT molecular complexity index is 717. The highest BCUT2D eigenvalue weighted by Crippen LogP contribution is 2.18. The summed E-state index contributed by atoms with van der Waals surface area (Å²) in [5, 5.41) is 9.63. The number of aromatic nitrogens is 4. The zero-order valence-corrected chi connectivity index (χ0v) is 12.2. The summed E-state index contributed by atoms with van der Waals surface area (Å²) in [4.78, 5) is 13.3. The van der Waals surface area contributed by atoms with Gasteiger partial charge < -0.3 is 15.0 Å². The molecule has 0 saturated carbocycles. The van der Waals surface area contributed by atoms with E-state index < -0.39 is 0 Å². The van der Waals surface area contributed by atoms with E-state index in [1.165, 1.54) is 0 Å². The molecule has 6 nitrogen and oxygen atoms in total. The molecule has 0 atom stereocenters. The molecule has 0 radical (unpaired) electrons. The molecule has 7 heteroatoms. The standard InChI is InChI=1S/C13H16N6S/c1-3-14-10-7-19-5-4-15-13(19)12(18-10)16-6-11-17-9(2)8-20-11/h4-5,7-8,14H,3,6H2,1-2H3,(H,16,18). The van der Waals surface area contributed by atoms with Crippen molar-refractivity contribution < 1.29 is 0 Å². The van der Waals surface area contributed by atoms with Crippen LogP contribution < -0.4 is 10.6 Å². The average Bonchev–Trinajstić information content (AvgIpc) is 3.05. The zero-order chi connectivity index (χ0) is 13.9. The number of nitrogens with zero attached hydrogens (tertiary/aromatic N) is 4. The predicted octanol–water partition coefficient (Wildman–Crippen LogP) is 2.54. The Morgan fingerprint density at radius 2 is 2.20 bits per heavy atom. The lowest BCUT2D eigenvalue weighted by atomic mass is 10.5. The third kappa shape index (κ3) is 2.57. The lowest BCUT2D eigenvalue weighted by Gasteiger charge is -2.09. The summed E-state index contributed by atoms with van der Waals surface area (Å²) in [5.41, 5.74) is 1.87. The maximum absolute atomic E-state index is 4.56. The van der Waals surface area contributed by atoms with E-state index >= 15 is 0 Å². The summed E-state index contributed by atoms with van der Waals surface area (Å²) >= 11 is 1.65. The fraction of sp³-hybridized carbons (Fsp3) is 0.308. The van der Waals surface area contributed by atoms with E-state index in [0.29, 0.717) is 6.54 Å². The van der Waals surface area contributed by atoms with E-state index in [-0.39, 0.29) is 0 Å². The van der Waals surface area contributed by atoms with Crippen LogP contribution in [0.25, 0.3) is 5.65 Å². The summed E-state index contributed by atoms with van der Waals surface area (Å²) in [6, 6.07) is 0. The molecular weight excluding hydrogens is 272 g/mol. The minimum absolute atomic E-state index is 0.656. The molecule has 2 N–H and O–H groups in total. The number of nitrogens with one attached hydrogen (secondary N) is 2. The van der Waals surface area contributed by atoms with Crippen molar-refractivity contribution in [2.24, 2.45) is 0 Å². The Labute approximate surface area is 120 Å². The van der Waals surface area contributed by atoms with Gasteiger partial charge in [-0.3, -0.25) is 0 Å². The highest BCUT2D eigenvalue weighted by molar-refractivity contribution is 7.09. The number of thiazole rings is 1. The number of aryl methyl sites for hydroxylation is 1. The monoisotopic (exact) mass is 288 g/mol. The van der Waals surface area contributed by atoms with Crippen LogP contribution in [-0.2, 0) is 6.54 Å². The summed E-state index contributed by atoms with van der Waals surface area (Å²) in [5.74, 6) is 1.59. The number of imidazole rings is 1. The fourth-order valence-electron chi connectivity index (χ4n) is 1.96. The van der Waals surface area contributed by atoms with Gasteiger partial charge in [0, 0.05) is 30.0 Å². The minimum atomic E-state index is 0.656. The summed E-state index contributed by atoms with van der Waals surface area (Å²) < 4.78 is 1.96. The second kappa shape index (κ2) is 5.46. The highest BCUT2D eigenvalue weighted by atomic mass is 32.1. The van der Waals surface area contributed by atoms with Gasteiger partial charge >= 0.3 is 0 Å². The number of hydrogen-bond acceptors (Lipinski definition) is 6. The molecule has 0 bridgehead atoms. The van der Waals surface area contributed by atoms with Crippen molar-refractivity contribution >= 4 is 28.6 Å². The Balaban J connectivity index is 1.87. The first-order chi connectivity index (χ1) is 9.76. The molecule has 3 aromatic heterocycles. The van der Waals surface area contributed by atoms with Crippen LogP contribution >= 0.6 is 11.3 Å². The number of fused-ring (bicyclic) bond motifs is 1. The topological polar surface area (TPSA) is 67.1 Å². The van der Waals surface area contributed by atoms with Crippen LogP contribution in [0.15, 0.2) is 24.0 Å². The molecule has 0 aliphatic heterocycles. The normalized spacial score (nSPS) is 10.9. The molecule has 20 heavy (non-hydrogen) atoms. The molecule has 0 aliphatic rings. The Morgan fingerprint density at radius 1 is 1.30 bits per heavy atom. The van der Waals surface area contributed by atoms with E-state index in [4.69, 9.17) is 0 Å². The van der Waals surface area contributed by atoms with Crippen LogP contribution in [-0.4, -0.2) is 25.9 Å². The van der Waals surface area contributed by atoms with Crippen LogP contribution in [0.1, 0.15) is 17.6 Å². The number of anilines is 2. The summed E-state index contributed by atoms with van der Waals surface area (Å²) in [7, 11) is 0. The van der Waals surface area contributed by atoms with Gasteiger partial charge in [-0.15, -0.1) is 11.3 Å². The van der Waals surface area contributed by atoms with Crippen LogP contribution in [0.4, 0.5) is 11.6 Å². The van der Waals surface area contributed by atoms with Gasteiger partial charge in [0.05, 0.1) is 12.7 Å². The molecule has 3 heterocycles. The van der Waals surface area contributed by atoms with Gasteiger partial charge in [0.15, 0.2) is 11.5 Å². The summed E-state index contributed by atoms with van der Waals surface area (Å²) in [6.45, 7) is 5.53. The molecule has 0 amide bonds. The number of rotatable bonds is 5. The fourth-order valence-corrected chi connectivity index (χ4v) is 2.67. The van der Waals surface area contributed by atoms with Gasteiger partial charge in [0.2, 0.25) is 0 Å². The molecule has 0 aliphatic carbocycles. The molecule has 0 unspecified atom stereocenters. The van der Waals surface area contributed by atoms with Crippen molar-refractivity contribution in [2.75, 3.05) is 17.2 Å². The number of hydrogen-bond donors (Lipinski definition) is 2. The van der Waals surface area contributed by atoms with E-state index in [1.54, 1.807) is 17.5 Å². The van der Waals surface area contributed by atoms with Crippen molar-refractivity contribution in [3.05, 3.63) is 34.7 Å². The van der Waals surface area contributed by atoms with E-state index in [9.17, 15) is 0 Å². The van der Waals surface area contributed by atoms with Gasteiger partial charge in [-0.1, -0.05) is 0 Å². The van der Waals surface area contributed by atoms with Gasteiger partial charge in [-0.05, 0) is 13.8 Å². The quantitative estimate of drug-likeness (QED) is 0.755. The van der Waals surface area contributed by atoms with Gasteiger partial charge in [0.1, 0.15) is 10.8 Å². The van der Waals surface area contributed by atoms with Crippen molar-refractivity contribution in [1.82, 2.24) is 19.4 Å². The van der Waals surface area contributed by atoms with E-state index in [2.05, 4.69) is 25.6 Å². The molecule has 3 rings (SSSR count). The maximum atomic E-state index is 4.56. The highest BCUT2D eigenvalue weighted by Gasteiger charge is 2.08. The van der Waals surface area contributed by atoms with Crippen molar-refractivity contribution in [3.63, 3.8) is 0 Å². The van der Waals surface area contributed by atoms with Gasteiger partial charge in [-0.2, -0.15) is 0 Å². The lowest BCUT2D eigenvalue weighted by Crippen LogP contribution is -2.07. The largest absolute Gasteiger partial charge is 0.369 e. The zero-order valence-electron chi connectivity index (χ0n) is 11.4. The Kier molecular flexibility index (Phi) is 3.51. The molecule has 3 aromatic rings. The summed E-state index contributed by atoms with van der Waals surface area (Å²) in [6.07, 6.45) is 5.62. The molecule has 0 fully saturated rings. The second-order valence-electron chi connectivity index (χ2n) is 4.40.